The first-order valence-electron chi connectivity index (χ1n) is 13.5. The summed E-state index contributed by atoms with van der Waals surface area (Å²) in [6.07, 6.45) is 14.3. The first-order valence-corrected chi connectivity index (χ1v) is 14.6. The van der Waals surface area contributed by atoms with Crippen LogP contribution in [0.3, 0.4) is 0 Å². The van der Waals surface area contributed by atoms with E-state index in [9.17, 15) is 0 Å². The molecule has 188 valence electrons. The van der Waals surface area contributed by atoms with Crippen molar-refractivity contribution < 1.29 is 0 Å². The van der Waals surface area contributed by atoms with Gasteiger partial charge >= 0.3 is 0 Å². The van der Waals surface area contributed by atoms with E-state index in [1.807, 2.05) is 28.5 Å². The van der Waals surface area contributed by atoms with Gasteiger partial charge in [0, 0.05) is 10.3 Å². The van der Waals surface area contributed by atoms with Crippen LogP contribution in [0.5, 0.6) is 0 Å². The predicted octanol–water partition coefficient (Wildman–Crippen LogP) is 5.98. The molecule has 36 heavy (non-hydrogen) atoms. The third-order valence-electron chi connectivity index (χ3n) is 10.1. The first kappa shape index (κ1) is 22.0. The zero-order valence-electron chi connectivity index (χ0n) is 21.2. The van der Waals surface area contributed by atoms with Crippen LogP contribution in [0.4, 0.5) is 0 Å². The zero-order chi connectivity index (χ0) is 24.4. The van der Waals surface area contributed by atoms with Crippen molar-refractivity contribution in [3.05, 3.63) is 34.2 Å². The Kier molecular flexibility index (Phi) is 4.32. The molecular formula is C27H32ClN7S. The second-order valence-electron chi connectivity index (χ2n) is 13.4. The van der Waals surface area contributed by atoms with Crippen LogP contribution in [-0.4, -0.2) is 34.3 Å². The van der Waals surface area contributed by atoms with Gasteiger partial charge in [0.2, 0.25) is 5.28 Å². The third-order valence-corrected chi connectivity index (χ3v) is 11.4. The van der Waals surface area contributed by atoms with E-state index in [0.29, 0.717) is 22.5 Å². The molecule has 4 saturated carbocycles. The number of halogens is 1. The van der Waals surface area contributed by atoms with Crippen molar-refractivity contribution in [1.82, 2.24) is 34.3 Å². The van der Waals surface area contributed by atoms with Gasteiger partial charge in [0.25, 0.3) is 0 Å². The summed E-state index contributed by atoms with van der Waals surface area (Å²) in [5.41, 5.74) is 2.80. The van der Waals surface area contributed by atoms with Crippen molar-refractivity contribution in [3.63, 3.8) is 0 Å². The molecule has 0 saturated heterocycles. The van der Waals surface area contributed by atoms with E-state index in [2.05, 4.69) is 35.5 Å². The van der Waals surface area contributed by atoms with Gasteiger partial charge in [-0.1, -0.05) is 20.8 Å². The van der Waals surface area contributed by atoms with Crippen molar-refractivity contribution in [2.45, 2.75) is 89.5 Å². The van der Waals surface area contributed by atoms with E-state index in [0.717, 1.165) is 54.3 Å². The average Bonchev–Trinajstić information content (AvgIpc) is 3.53. The summed E-state index contributed by atoms with van der Waals surface area (Å²) in [4.78, 5) is 17.1. The standard InChI is InChI=1S/C27H32ClN7S/c1-25(2,3)17-4-5-18-19(7-17)36-22-20(18)21-31-23(32-34(21)13-29-22)26-8-15-6-16(9-26)11-27(10-15,12-26)35-14-30-24(28)33-35/h13-17H,4-12H2,1-3H3/t15-,16-,17+,26?,27?/m0/s1. The van der Waals surface area contributed by atoms with Crippen LogP contribution in [0.1, 0.15) is 82.0 Å². The molecule has 7 nitrogen and oxygen atoms in total. The normalized spacial score (nSPS) is 33.6. The molecule has 4 aromatic rings. The highest BCUT2D eigenvalue weighted by Gasteiger charge is 2.61. The minimum absolute atomic E-state index is 0.00569. The van der Waals surface area contributed by atoms with Crippen LogP contribution in [-0.2, 0) is 23.8 Å². The van der Waals surface area contributed by atoms with Crippen molar-refractivity contribution in [2.24, 2.45) is 23.2 Å². The van der Waals surface area contributed by atoms with Crippen LogP contribution in [0.15, 0.2) is 12.7 Å². The Labute approximate surface area is 219 Å². The van der Waals surface area contributed by atoms with Crippen molar-refractivity contribution >= 4 is 38.8 Å². The molecule has 4 aromatic heterocycles. The molecule has 4 fully saturated rings. The molecule has 5 aliphatic carbocycles. The summed E-state index contributed by atoms with van der Waals surface area (Å²) < 4.78 is 4.05. The van der Waals surface area contributed by atoms with E-state index in [-0.39, 0.29) is 11.0 Å². The molecule has 5 aliphatic rings. The first-order chi connectivity index (χ1) is 17.2. The van der Waals surface area contributed by atoms with Crippen LogP contribution in [0.2, 0.25) is 5.28 Å². The third kappa shape index (κ3) is 3.00. The molecule has 4 bridgehead atoms. The summed E-state index contributed by atoms with van der Waals surface area (Å²) in [6.45, 7) is 7.13. The van der Waals surface area contributed by atoms with Crippen molar-refractivity contribution in [1.29, 1.82) is 0 Å². The summed E-state index contributed by atoms with van der Waals surface area (Å²) in [7, 11) is 0. The lowest BCUT2D eigenvalue weighted by atomic mass is 9.46. The van der Waals surface area contributed by atoms with Gasteiger partial charge in [-0.2, -0.15) is 0 Å². The van der Waals surface area contributed by atoms with Gasteiger partial charge in [-0.3, -0.25) is 0 Å². The quantitative estimate of drug-likeness (QED) is 0.324. The number of hydrogen-bond donors (Lipinski definition) is 0. The van der Waals surface area contributed by atoms with Crippen LogP contribution in [0, 0.1) is 23.2 Å². The summed E-state index contributed by atoms with van der Waals surface area (Å²) >= 11 is 8.04. The topological polar surface area (TPSA) is 73.8 Å². The molecule has 9 heteroatoms. The Bertz CT molecular complexity index is 1510. The summed E-state index contributed by atoms with van der Waals surface area (Å²) in [6, 6.07) is 0. The second kappa shape index (κ2) is 7.07. The number of nitrogens with zero attached hydrogens (tertiary/aromatic N) is 7. The van der Waals surface area contributed by atoms with Gasteiger partial charge in [0.05, 0.1) is 10.9 Å². The fourth-order valence-corrected chi connectivity index (χ4v) is 10.1. The number of aryl methyl sites for hydroxylation is 1. The average molecular weight is 522 g/mol. The van der Waals surface area contributed by atoms with E-state index in [1.54, 1.807) is 0 Å². The van der Waals surface area contributed by atoms with Gasteiger partial charge in [-0.05, 0) is 98.1 Å². The number of hydrogen-bond acceptors (Lipinski definition) is 6. The second-order valence-corrected chi connectivity index (χ2v) is 14.8. The fourth-order valence-electron chi connectivity index (χ4n) is 8.75. The molecule has 0 radical (unpaired) electrons. The lowest BCUT2D eigenvalue weighted by molar-refractivity contribution is -0.0715. The maximum Gasteiger partial charge on any atom is 0.242 e. The minimum atomic E-state index is -0.0151. The molecule has 0 aliphatic heterocycles. The predicted molar refractivity (Wildman–Crippen MR) is 141 cm³/mol. The molecule has 0 aromatic carbocycles. The maximum atomic E-state index is 6.17. The molecule has 4 heterocycles. The van der Waals surface area contributed by atoms with Gasteiger partial charge in [-0.15, -0.1) is 21.5 Å². The number of aromatic nitrogens is 7. The Morgan fingerprint density at radius 1 is 1.06 bits per heavy atom. The van der Waals surface area contributed by atoms with E-state index in [1.165, 1.54) is 41.5 Å². The van der Waals surface area contributed by atoms with E-state index >= 15 is 0 Å². The van der Waals surface area contributed by atoms with Gasteiger partial charge in [-0.25, -0.2) is 24.1 Å². The lowest BCUT2D eigenvalue weighted by Crippen LogP contribution is -2.58. The number of thiophene rings is 1. The Hall–Kier alpha value is -2.06. The smallest absolute Gasteiger partial charge is 0.242 e. The maximum absolute atomic E-state index is 6.17. The highest BCUT2D eigenvalue weighted by atomic mass is 35.5. The van der Waals surface area contributed by atoms with E-state index < -0.39 is 0 Å². The van der Waals surface area contributed by atoms with Gasteiger partial charge in [0.1, 0.15) is 17.5 Å². The van der Waals surface area contributed by atoms with Crippen molar-refractivity contribution in [2.75, 3.05) is 0 Å². The zero-order valence-corrected chi connectivity index (χ0v) is 22.7. The van der Waals surface area contributed by atoms with Crippen LogP contribution >= 0.6 is 22.9 Å². The fraction of sp³-hybridized carbons (Fsp3) is 0.667. The molecule has 0 N–H and O–H groups in total. The number of fused-ring (bicyclic) bond motifs is 5. The van der Waals surface area contributed by atoms with Crippen molar-refractivity contribution in [3.8, 4) is 0 Å². The summed E-state index contributed by atoms with van der Waals surface area (Å²) in [5.74, 6) is 3.10. The Balaban J connectivity index is 1.24. The summed E-state index contributed by atoms with van der Waals surface area (Å²) in [5, 5.41) is 11.3. The van der Waals surface area contributed by atoms with Gasteiger partial charge < -0.3 is 0 Å². The molecule has 9 rings (SSSR count). The SMILES string of the molecule is CC(C)(C)[C@@H]1CCc2c(sc3ncn4nc(C56C[C@@H]7C[C@@H](C5)CC(n5cnc(Cl)n5)(C7)C6)nc4c23)C1. The van der Waals surface area contributed by atoms with Crippen LogP contribution < -0.4 is 0 Å². The Morgan fingerprint density at radius 2 is 1.86 bits per heavy atom. The molecule has 3 atom stereocenters. The molecular weight excluding hydrogens is 490 g/mol. The lowest BCUT2D eigenvalue weighted by Gasteiger charge is -2.60. The van der Waals surface area contributed by atoms with Crippen LogP contribution in [0.25, 0.3) is 15.9 Å². The highest BCUT2D eigenvalue weighted by molar-refractivity contribution is 7.19. The Morgan fingerprint density at radius 3 is 2.58 bits per heavy atom. The molecule has 0 amide bonds. The van der Waals surface area contributed by atoms with Gasteiger partial charge in [0.15, 0.2) is 11.5 Å². The minimum Gasteiger partial charge on any atom is -0.245 e. The highest BCUT2D eigenvalue weighted by Crippen LogP contribution is 2.64. The molecule has 0 spiro atoms. The largest absolute Gasteiger partial charge is 0.245 e. The monoisotopic (exact) mass is 521 g/mol. The van der Waals surface area contributed by atoms with E-state index in [4.69, 9.17) is 26.7 Å². The molecule has 0 unspecified atom stereocenters. The number of rotatable bonds is 2.